The SMILES string of the molecule is CCCCN(CC(=O)NC(C)c1ccccc1)S(C)(=O)=O. The van der Waals surface area contributed by atoms with E-state index in [4.69, 9.17) is 0 Å². The second-order valence-corrected chi connectivity index (χ2v) is 7.13. The van der Waals surface area contributed by atoms with Crippen LogP contribution in [0.5, 0.6) is 0 Å². The van der Waals surface area contributed by atoms with Gasteiger partial charge in [0.2, 0.25) is 15.9 Å². The summed E-state index contributed by atoms with van der Waals surface area (Å²) >= 11 is 0. The van der Waals surface area contributed by atoms with Crippen LogP contribution in [0.1, 0.15) is 38.3 Å². The molecule has 0 fully saturated rings. The third-order valence-electron chi connectivity index (χ3n) is 3.23. The van der Waals surface area contributed by atoms with Gasteiger partial charge in [0.1, 0.15) is 0 Å². The van der Waals surface area contributed by atoms with Crippen LogP contribution in [0.2, 0.25) is 0 Å². The molecule has 5 nitrogen and oxygen atoms in total. The minimum absolute atomic E-state index is 0.129. The average molecular weight is 312 g/mol. The van der Waals surface area contributed by atoms with Gasteiger partial charge in [0.15, 0.2) is 0 Å². The predicted molar refractivity (Wildman–Crippen MR) is 84.3 cm³/mol. The Morgan fingerprint density at radius 1 is 1.29 bits per heavy atom. The van der Waals surface area contributed by atoms with Crippen molar-refractivity contribution in [3.63, 3.8) is 0 Å². The summed E-state index contributed by atoms with van der Waals surface area (Å²) < 4.78 is 24.6. The van der Waals surface area contributed by atoms with E-state index in [9.17, 15) is 13.2 Å². The van der Waals surface area contributed by atoms with Gasteiger partial charge in [-0.2, -0.15) is 4.31 Å². The van der Waals surface area contributed by atoms with E-state index in [1.807, 2.05) is 44.2 Å². The number of sulfonamides is 1. The lowest BCUT2D eigenvalue weighted by atomic mass is 10.1. The Morgan fingerprint density at radius 2 is 1.90 bits per heavy atom. The zero-order valence-corrected chi connectivity index (χ0v) is 13.7. The van der Waals surface area contributed by atoms with Crippen LogP contribution in [-0.2, 0) is 14.8 Å². The number of carbonyl (C=O) groups excluding carboxylic acids is 1. The fourth-order valence-electron chi connectivity index (χ4n) is 1.97. The first-order valence-electron chi connectivity index (χ1n) is 7.14. The molecule has 1 unspecified atom stereocenters. The summed E-state index contributed by atoms with van der Waals surface area (Å²) in [6.07, 6.45) is 2.76. The smallest absolute Gasteiger partial charge is 0.235 e. The highest BCUT2D eigenvalue weighted by Gasteiger charge is 2.20. The first kappa shape index (κ1) is 17.7. The van der Waals surface area contributed by atoms with Crippen LogP contribution < -0.4 is 5.32 Å². The Hall–Kier alpha value is -1.40. The van der Waals surface area contributed by atoms with Crippen LogP contribution in [0.25, 0.3) is 0 Å². The number of nitrogens with one attached hydrogen (secondary N) is 1. The first-order chi connectivity index (χ1) is 9.84. The van der Waals surface area contributed by atoms with Crippen molar-refractivity contribution < 1.29 is 13.2 Å². The normalized spacial score (nSPS) is 13.1. The minimum Gasteiger partial charge on any atom is -0.348 e. The molecule has 0 heterocycles. The summed E-state index contributed by atoms with van der Waals surface area (Å²) in [5.41, 5.74) is 0.991. The summed E-state index contributed by atoms with van der Waals surface area (Å²) in [5.74, 6) is -0.284. The number of amides is 1. The van der Waals surface area contributed by atoms with Crippen LogP contribution in [0.4, 0.5) is 0 Å². The van der Waals surface area contributed by atoms with E-state index < -0.39 is 10.0 Å². The molecular weight excluding hydrogens is 288 g/mol. The highest BCUT2D eigenvalue weighted by atomic mass is 32.2. The maximum atomic E-state index is 12.0. The molecule has 1 amide bonds. The molecule has 0 saturated heterocycles. The van der Waals surface area contributed by atoms with Crippen molar-refractivity contribution in [1.82, 2.24) is 9.62 Å². The van der Waals surface area contributed by atoms with Crippen LogP contribution in [0.15, 0.2) is 30.3 Å². The quantitative estimate of drug-likeness (QED) is 0.797. The summed E-state index contributed by atoms with van der Waals surface area (Å²) in [7, 11) is -3.36. The van der Waals surface area contributed by atoms with E-state index in [0.717, 1.165) is 24.7 Å². The van der Waals surface area contributed by atoms with E-state index in [-0.39, 0.29) is 18.5 Å². The van der Waals surface area contributed by atoms with E-state index >= 15 is 0 Å². The maximum Gasteiger partial charge on any atom is 0.235 e. The second kappa shape index (κ2) is 8.14. The van der Waals surface area contributed by atoms with E-state index in [1.54, 1.807) is 0 Å². The summed E-state index contributed by atoms with van der Waals surface area (Å²) in [6, 6.07) is 9.43. The summed E-state index contributed by atoms with van der Waals surface area (Å²) in [5, 5.41) is 2.83. The molecule has 0 spiro atoms. The van der Waals surface area contributed by atoms with Crippen molar-refractivity contribution in [2.24, 2.45) is 0 Å². The maximum absolute atomic E-state index is 12.0. The number of benzene rings is 1. The van der Waals surface area contributed by atoms with Gasteiger partial charge in [0, 0.05) is 6.54 Å². The Labute approximate surface area is 127 Å². The monoisotopic (exact) mass is 312 g/mol. The predicted octanol–water partition coefficient (Wildman–Crippen LogP) is 1.93. The lowest BCUT2D eigenvalue weighted by Gasteiger charge is -2.21. The van der Waals surface area contributed by atoms with Gasteiger partial charge in [0.05, 0.1) is 18.8 Å². The number of hydrogen-bond donors (Lipinski definition) is 1. The Bertz CT molecular complexity index is 543. The standard InChI is InChI=1S/C15H24N2O3S/c1-4-5-11-17(21(3,19)20)12-15(18)16-13(2)14-9-7-6-8-10-14/h6-10,13H,4-5,11-12H2,1-3H3,(H,16,18). The number of hydrogen-bond acceptors (Lipinski definition) is 3. The molecule has 0 aromatic heterocycles. The third-order valence-corrected chi connectivity index (χ3v) is 4.48. The second-order valence-electron chi connectivity index (χ2n) is 5.15. The van der Waals surface area contributed by atoms with E-state index in [1.165, 1.54) is 4.31 Å². The molecule has 1 aromatic rings. The van der Waals surface area contributed by atoms with Crippen LogP contribution in [-0.4, -0.2) is 38.0 Å². The van der Waals surface area contributed by atoms with Crippen LogP contribution >= 0.6 is 0 Å². The number of carbonyl (C=O) groups is 1. The molecule has 118 valence electrons. The van der Waals surface area contributed by atoms with Gasteiger partial charge >= 0.3 is 0 Å². The molecule has 0 aliphatic rings. The van der Waals surface area contributed by atoms with Gasteiger partial charge in [-0.25, -0.2) is 8.42 Å². The van der Waals surface area contributed by atoms with Crippen molar-refractivity contribution in [2.75, 3.05) is 19.3 Å². The molecule has 0 bridgehead atoms. The number of nitrogens with zero attached hydrogens (tertiary/aromatic N) is 1. The lowest BCUT2D eigenvalue weighted by molar-refractivity contribution is -0.121. The Balaban J connectivity index is 2.62. The molecule has 0 aliphatic heterocycles. The highest BCUT2D eigenvalue weighted by molar-refractivity contribution is 7.88. The highest BCUT2D eigenvalue weighted by Crippen LogP contribution is 2.11. The molecule has 0 aliphatic carbocycles. The Kier molecular flexibility index (Phi) is 6.84. The van der Waals surface area contributed by atoms with Gasteiger partial charge < -0.3 is 5.32 Å². The molecule has 1 N–H and O–H groups in total. The molecule has 1 aromatic carbocycles. The topological polar surface area (TPSA) is 66.5 Å². The van der Waals surface area contributed by atoms with Crippen LogP contribution in [0, 0.1) is 0 Å². The molecular formula is C15H24N2O3S. The van der Waals surface area contributed by atoms with Crippen molar-refractivity contribution in [2.45, 2.75) is 32.7 Å². The Morgan fingerprint density at radius 3 is 2.43 bits per heavy atom. The average Bonchev–Trinajstić information content (AvgIpc) is 2.43. The fourth-order valence-corrected chi connectivity index (χ4v) is 2.78. The van der Waals surface area contributed by atoms with Crippen molar-refractivity contribution in [3.05, 3.63) is 35.9 Å². The fraction of sp³-hybridized carbons (Fsp3) is 0.533. The molecule has 0 radical (unpaired) electrons. The van der Waals surface area contributed by atoms with Gasteiger partial charge in [-0.3, -0.25) is 4.79 Å². The van der Waals surface area contributed by atoms with Crippen LogP contribution in [0.3, 0.4) is 0 Å². The van der Waals surface area contributed by atoms with E-state index in [2.05, 4.69) is 5.32 Å². The number of rotatable bonds is 8. The lowest BCUT2D eigenvalue weighted by Crippen LogP contribution is -2.41. The molecule has 1 atom stereocenters. The number of unbranched alkanes of at least 4 members (excludes halogenated alkanes) is 1. The molecule has 21 heavy (non-hydrogen) atoms. The van der Waals surface area contributed by atoms with E-state index in [0.29, 0.717) is 6.54 Å². The third kappa shape index (κ3) is 6.27. The molecule has 1 rings (SSSR count). The molecule has 0 saturated carbocycles. The van der Waals surface area contributed by atoms with Gasteiger partial charge in [-0.1, -0.05) is 43.7 Å². The summed E-state index contributed by atoms with van der Waals surface area (Å²) in [4.78, 5) is 12.0. The largest absolute Gasteiger partial charge is 0.348 e. The molecule has 6 heteroatoms. The van der Waals surface area contributed by atoms with Crippen molar-refractivity contribution in [3.8, 4) is 0 Å². The van der Waals surface area contributed by atoms with Crippen molar-refractivity contribution in [1.29, 1.82) is 0 Å². The van der Waals surface area contributed by atoms with Gasteiger partial charge in [0.25, 0.3) is 0 Å². The van der Waals surface area contributed by atoms with Gasteiger partial charge in [-0.05, 0) is 18.9 Å². The zero-order chi connectivity index (χ0) is 15.9. The van der Waals surface area contributed by atoms with Gasteiger partial charge in [-0.15, -0.1) is 0 Å². The van der Waals surface area contributed by atoms with Crippen molar-refractivity contribution >= 4 is 15.9 Å². The minimum atomic E-state index is -3.36. The zero-order valence-electron chi connectivity index (χ0n) is 12.9. The first-order valence-corrected chi connectivity index (χ1v) is 8.99. The summed E-state index contributed by atoms with van der Waals surface area (Å²) in [6.45, 7) is 4.11.